The zero-order valence-electron chi connectivity index (χ0n) is 11.3. The van der Waals surface area contributed by atoms with Gasteiger partial charge in [-0.05, 0) is 49.2 Å². The van der Waals surface area contributed by atoms with E-state index in [0.717, 1.165) is 22.3 Å². The summed E-state index contributed by atoms with van der Waals surface area (Å²) in [7, 11) is 0. The molecule has 1 aromatic heterocycles. The van der Waals surface area contributed by atoms with E-state index in [1.54, 1.807) is 18.5 Å². The van der Waals surface area contributed by atoms with E-state index >= 15 is 0 Å². The zero-order chi connectivity index (χ0) is 14.3. The van der Waals surface area contributed by atoms with Crippen molar-refractivity contribution in [3.05, 3.63) is 59.4 Å². The van der Waals surface area contributed by atoms with E-state index < -0.39 is 5.97 Å². The molecule has 100 valence electrons. The molecule has 0 aliphatic carbocycles. The van der Waals surface area contributed by atoms with Crippen LogP contribution < -0.4 is 0 Å². The number of aromatic carboxylic acids is 1. The second-order valence-corrected chi connectivity index (χ2v) is 4.94. The molecule has 3 rings (SSSR count). The first-order valence-corrected chi connectivity index (χ1v) is 6.34. The fraction of sp³-hybridized carbons (Fsp3) is 0.125. The number of aryl methyl sites for hydroxylation is 2. The number of carbonyl (C=O) groups is 1. The van der Waals surface area contributed by atoms with Crippen LogP contribution in [0.2, 0.25) is 0 Å². The highest BCUT2D eigenvalue weighted by Crippen LogP contribution is 2.22. The van der Waals surface area contributed by atoms with E-state index in [2.05, 4.69) is 23.2 Å². The second-order valence-electron chi connectivity index (χ2n) is 4.94. The summed E-state index contributed by atoms with van der Waals surface area (Å²) >= 11 is 0. The third kappa shape index (κ3) is 1.95. The number of carboxylic acid groups (broad SMARTS) is 1. The highest BCUT2D eigenvalue weighted by atomic mass is 16.4. The third-order valence-corrected chi connectivity index (χ3v) is 3.29. The van der Waals surface area contributed by atoms with Gasteiger partial charge in [0.15, 0.2) is 0 Å². The van der Waals surface area contributed by atoms with Crippen LogP contribution in [-0.2, 0) is 0 Å². The molecule has 0 radical (unpaired) electrons. The normalized spacial score (nSPS) is 10.9. The predicted molar refractivity (Wildman–Crippen MR) is 77.5 cm³/mol. The molecule has 0 unspecified atom stereocenters. The molecule has 3 aromatic rings. The van der Waals surface area contributed by atoms with Crippen molar-refractivity contribution in [1.82, 2.24) is 9.55 Å². The smallest absolute Gasteiger partial charge is 0.337 e. The highest BCUT2D eigenvalue weighted by Gasteiger charge is 2.13. The van der Waals surface area contributed by atoms with E-state index in [-0.39, 0.29) is 5.56 Å². The Morgan fingerprint density at radius 2 is 1.85 bits per heavy atom. The average Bonchev–Trinajstić information content (AvgIpc) is 2.80. The van der Waals surface area contributed by atoms with Crippen molar-refractivity contribution in [2.24, 2.45) is 0 Å². The number of aromatic nitrogens is 2. The van der Waals surface area contributed by atoms with Crippen molar-refractivity contribution in [2.75, 3.05) is 0 Å². The lowest BCUT2D eigenvalue weighted by molar-refractivity contribution is 0.0699. The Morgan fingerprint density at radius 3 is 2.50 bits per heavy atom. The monoisotopic (exact) mass is 266 g/mol. The highest BCUT2D eigenvalue weighted by molar-refractivity contribution is 6.01. The maximum Gasteiger partial charge on any atom is 0.337 e. The van der Waals surface area contributed by atoms with Crippen molar-refractivity contribution in [1.29, 1.82) is 0 Å². The summed E-state index contributed by atoms with van der Waals surface area (Å²) in [5.41, 5.74) is 4.86. The number of imidazole rings is 1. The molecular formula is C16H14N2O2. The van der Waals surface area contributed by atoms with Gasteiger partial charge in [0.1, 0.15) is 11.8 Å². The molecule has 2 aromatic carbocycles. The molecule has 20 heavy (non-hydrogen) atoms. The van der Waals surface area contributed by atoms with Crippen molar-refractivity contribution in [3.63, 3.8) is 0 Å². The molecule has 0 aliphatic heterocycles. The zero-order valence-corrected chi connectivity index (χ0v) is 11.3. The van der Waals surface area contributed by atoms with Crippen LogP contribution in [0.4, 0.5) is 0 Å². The molecule has 0 aliphatic rings. The Labute approximate surface area is 116 Å². The van der Waals surface area contributed by atoms with Crippen LogP contribution in [0.1, 0.15) is 21.5 Å². The SMILES string of the molecule is Cc1cc(C)cc(-n2cnc3c(C(=O)O)cccc32)c1. The molecule has 4 heteroatoms. The van der Waals surface area contributed by atoms with Crippen molar-refractivity contribution in [3.8, 4) is 5.69 Å². The number of benzene rings is 2. The van der Waals surface area contributed by atoms with E-state index in [0.29, 0.717) is 5.52 Å². The van der Waals surface area contributed by atoms with Gasteiger partial charge in [0.2, 0.25) is 0 Å². The van der Waals surface area contributed by atoms with E-state index in [1.165, 1.54) is 0 Å². The van der Waals surface area contributed by atoms with Gasteiger partial charge in [0.25, 0.3) is 0 Å². The summed E-state index contributed by atoms with van der Waals surface area (Å²) in [4.78, 5) is 15.5. The number of hydrogen-bond acceptors (Lipinski definition) is 2. The Kier molecular flexibility index (Phi) is 2.79. The molecule has 4 nitrogen and oxygen atoms in total. The molecule has 0 saturated carbocycles. The summed E-state index contributed by atoms with van der Waals surface area (Å²) in [6.07, 6.45) is 1.67. The molecule has 0 amide bonds. The summed E-state index contributed by atoms with van der Waals surface area (Å²) in [5.74, 6) is -0.957. The fourth-order valence-corrected chi connectivity index (χ4v) is 2.51. The maximum atomic E-state index is 11.2. The van der Waals surface area contributed by atoms with E-state index in [9.17, 15) is 9.90 Å². The van der Waals surface area contributed by atoms with Crippen LogP contribution in [0.5, 0.6) is 0 Å². The van der Waals surface area contributed by atoms with Gasteiger partial charge in [-0.15, -0.1) is 0 Å². The van der Waals surface area contributed by atoms with Gasteiger partial charge in [-0.3, -0.25) is 4.57 Å². The third-order valence-electron chi connectivity index (χ3n) is 3.29. The van der Waals surface area contributed by atoms with E-state index in [1.807, 2.05) is 24.5 Å². The molecule has 0 spiro atoms. The van der Waals surface area contributed by atoms with Gasteiger partial charge in [0.05, 0.1) is 11.1 Å². The number of fused-ring (bicyclic) bond motifs is 1. The first kappa shape index (κ1) is 12.4. The molecule has 0 saturated heterocycles. The summed E-state index contributed by atoms with van der Waals surface area (Å²) in [6.45, 7) is 4.08. The average molecular weight is 266 g/mol. The Hall–Kier alpha value is -2.62. The first-order chi connectivity index (χ1) is 9.56. The minimum absolute atomic E-state index is 0.227. The number of nitrogens with zero attached hydrogens (tertiary/aromatic N) is 2. The minimum Gasteiger partial charge on any atom is -0.478 e. The Balaban J connectivity index is 2.28. The van der Waals surface area contributed by atoms with Gasteiger partial charge in [-0.2, -0.15) is 0 Å². The summed E-state index contributed by atoms with van der Waals surface area (Å²) < 4.78 is 1.92. The van der Waals surface area contributed by atoms with Crippen LogP contribution >= 0.6 is 0 Å². The topological polar surface area (TPSA) is 55.1 Å². The van der Waals surface area contributed by atoms with Gasteiger partial charge >= 0.3 is 5.97 Å². The quantitative estimate of drug-likeness (QED) is 0.774. The van der Waals surface area contributed by atoms with Gasteiger partial charge < -0.3 is 5.11 Å². The first-order valence-electron chi connectivity index (χ1n) is 6.34. The molecular weight excluding hydrogens is 252 g/mol. The number of para-hydroxylation sites is 1. The van der Waals surface area contributed by atoms with Crippen LogP contribution in [-0.4, -0.2) is 20.6 Å². The fourth-order valence-electron chi connectivity index (χ4n) is 2.51. The van der Waals surface area contributed by atoms with Crippen molar-refractivity contribution < 1.29 is 9.90 Å². The minimum atomic E-state index is -0.957. The standard InChI is InChI=1S/C16H14N2O2/c1-10-6-11(2)8-12(7-10)18-9-17-15-13(16(19)20)4-3-5-14(15)18/h3-9H,1-2H3,(H,19,20). The van der Waals surface area contributed by atoms with Gasteiger partial charge in [-0.1, -0.05) is 12.1 Å². The van der Waals surface area contributed by atoms with Crippen LogP contribution in [0, 0.1) is 13.8 Å². The number of carboxylic acids is 1. The summed E-state index contributed by atoms with van der Waals surface area (Å²) in [5, 5.41) is 9.20. The second kappa shape index (κ2) is 4.49. The van der Waals surface area contributed by atoms with Crippen LogP contribution in [0.3, 0.4) is 0 Å². The lowest BCUT2D eigenvalue weighted by Gasteiger charge is -2.07. The van der Waals surface area contributed by atoms with Crippen LogP contribution in [0.25, 0.3) is 16.7 Å². The predicted octanol–water partition coefficient (Wildman–Crippen LogP) is 3.34. The lowest BCUT2D eigenvalue weighted by atomic mass is 10.1. The number of rotatable bonds is 2. The van der Waals surface area contributed by atoms with Crippen molar-refractivity contribution >= 4 is 17.0 Å². The molecule has 0 atom stereocenters. The molecule has 0 fully saturated rings. The molecule has 1 heterocycles. The Bertz CT molecular complexity index is 798. The summed E-state index contributed by atoms with van der Waals surface area (Å²) in [6, 6.07) is 11.4. The van der Waals surface area contributed by atoms with E-state index in [4.69, 9.17) is 0 Å². The lowest BCUT2D eigenvalue weighted by Crippen LogP contribution is -1.98. The molecule has 0 bridgehead atoms. The number of hydrogen-bond donors (Lipinski definition) is 1. The van der Waals surface area contributed by atoms with Crippen molar-refractivity contribution in [2.45, 2.75) is 13.8 Å². The maximum absolute atomic E-state index is 11.2. The largest absolute Gasteiger partial charge is 0.478 e. The molecule has 1 N–H and O–H groups in total. The Morgan fingerprint density at radius 1 is 1.15 bits per heavy atom. The van der Waals surface area contributed by atoms with Crippen LogP contribution in [0.15, 0.2) is 42.7 Å². The van der Waals surface area contributed by atoms with Gasteiger partial charge in [-0.25, -0.2) is 9.78 Å². The van der Waals surface area contributed by atoms with Gasteiger partial charge in [0, 0.05) is 5.69 Å².